The minimum absolute atomic E-state index is 0.149. The van der Waals surface area contributed by atoms with Crippen LogP contribution in [0.3, 0.4) is 0 Å². The van der Waals surface area contributed by atoms with Crippen LogP contribution in [0.2, 0.25) is 0 Å². The van der Waals surface area contributed by atoms with E-state index < -0.39 is 66.6 Å². The first kappa shape index (κ1) is 23.8. The van der Waals surface area contributed by atoms with Crippen LogP contribution in [0.1, 0.15) is 32.1 Å². The molecule has 1 aliphatic heterocycles. The molecular formula is C16H26N6O7. The number of hydrogen-bond donors (Lipinski definition) is 6. The molecule has 0 spiro atoms. The molecule has 13 heteroatoms. The molecule has 0 bridgehead atoms. The van der Waals surface area contributed by atoms with Crippen LogP contribution in [0.4, 0.5) is 0 Å². The van der Waals surface area contributed by atoms with Crippen LogP contribution in [0, 0.1) is 0 Å². The number of nitrogens with two attached hydrogens (primary N) is 3. The molecule has 0 aromatic rings. The first-order valence-electron chi connectivity index (χ1n) is 8.96. The number of hydrogen-bond acceptors (Lipinski definition) is 7. The summed E-state index contributed by atoms with van der Waals surface area (Å²) in [5, 5.41) is 13.8. The van der Waals surface area contributed by atoms with Gasteiger partial charge >= 0.3 is 5.97 Å². The van der Waals surface area contributed by atoms with E-state index in [4.69, 9.17) is 17.2 Å². The van der Waals surface area contributed by atoms with E-state index in [1.165, 1.54) is 0 Å². The fourth-order valence-corrected chi connectivity index (χ4v) is 2.97. The molecule has 0 saturated carbocycles. The van der Waals surface area contributed by atoms with Crippen LogP contribution in [0.5, 0.6) is 0 Å². The first-order valence-corrected chi connectivity index (χ1v) is 8.96. The molecule has 1 rings (SSSR count). The lowest BCUT2D eigenvalue weighted by Crippen LogP contribution is -2.57. The molecule has 0 aliphatic carbocycles. The topological polar surface area (TPSA) is 228 Å². The number of likely N-dealkylation sites (tertiary alicyclic amines) is 1. The second kappa shape index (κ2) is 10.9. The van der Waals surface area contributed by atoms with E-state index in [-0.39, 0.29) is 25.8 Å². The normalized spacial score (nSPS) is 17.8. The third kappa shape index (κ3) is 7.37. The number of carbonyl (C=O) groups is 6. The Hall–Kier alpha value is -3.22. The van der Waals surface area contributed by atoms with Gasteiger partial charge in [-0.2, -0.15) is 0 Å². The molecule has 1 fully saturated rings. The lowest BCUT2D eigenvalue weighted by Gasteiger charge is -2.28. The van der Waals surface area contributed by atoms with Gasteiger partial charge in [-0.25, -0.2) is 4.79 Å². The van der Waals surface area contributed by atoms with Crippen molar-refractivity contribution < 1.29 is 33.9 Å². The minimum Gasteiger partial charge on any atom is -0.480 e. The smallest absolute Gasteiger partial charge is 0.326 e. The summed E-state index contributed by atoms with van der Waals surface area (Å²) in [6.07, 6.45) is -0.267. The predicted molar refractivity (Wildman–Crippen MR) is 97.5 cm³/mol. The summed E-state index contributed by atoms with van der Waals surface area (Å²) in [7, 11) is 0. The van der Waals surface area contributed by atoms with E-state index >= 15 is 0 Å². The predicted octanol–water partition coefficient (Wildman–Crippen LogP) is -3.87. The number of nitrogens with zero attached hydrogens (tertiary/aromatic N) is 1. The lowest BCUT2D eigenvalue weighted by molar-refractivity contribution is -0.149. The summed E-state index contributed by atoms with van der Waals surface area (Å²) < 4.78 is 0. The van der Waals surface area contributed by atoms with Gasteiger partial charge in [-0.3, -0.25) is 24.0 Å². The van der Waals surface area contributed by atoms with E-state index in [0.717, 1.165) is 4.90 Å². The molecule has 0 radical (unpaired) electrons. The Bertz CT molecular complexity index is 683. The number of primary amides is 2. The quantitative estimate of drug-likeness (QED) is 0.195. The van der Waals surface area contributed by atoms with E-state index in [2.05, 4.69) is 10.6 Å². The second-order valence-electron chi connectivity index (χ2n) is 6.59. The molecule has 1 aliphatic rings. The minimum atomic E-state index is -1.43. The van der Waals surface area contributed by atoms with Crippen molar-refractivity contribution in [2.75, 3.05) is 13.1 Å². The molecule has 13 nitrogen and oxygen atoms in total. The number of nitrogens with one attached hydrogen (secondary N) is 2. The summed E-state index contributed by atoms with van der Waals surface area (Å²) in [5.41, 5.74) is 15.4. The van der Waals surface area contributed by atoms with Crippen molar-refractivity contribution in [3.63, 3.8) is 0 Å². The molecular weight excluding hydrogens is 388 g/mol. The Morgan fingerprint density at radius 3 is 2.21 bits per heavy atom. The second-order valence-corrected chi connectivity index (χ2v) is 6.59. The Morgan fingerprint density at radius 1 is 1.03 bits per heavy atom. The molecule has 3 unspecified atom stereocenters. The third-order valence-electron chi connectivity index (χ3n) is 4.36. The lowest BCUT2D eigenvalue weighted by atomic mass is 10.1. The monoisotopic (exact) mass is 414 g/mol. The van der Waals surface area contributed by atoms with Gasteiger partial charge in [0, 0.05) is 13.0 Å². The molecule has 0 aromatic carbocycles. The van der Waals surface area contributed by atoms with Gasteiger partial charge in [0.05, 0.1) is 13.0 Å². The van der Waals surface area contributed by atoms with E-state index in [9.17, 15) is 33.9 Å². The number of aliphatic carboxylic acids is 1. The zero-order chi connectivity index (χ0) is 22.1. The van der Waals surface area contributed by atoms with E-state index in [1.807, 2.05) is 0 Å². The highest BCUT2D eigenvalue weighted by Crippen LogP contribution is 2.19. The molecule has 3 atom stereocenters. The van der Waals surface area contributed by atoms with Gasteiger partial charge in [0.1, 0.15) is 18.1 Å². The molecule has 9 N–H and O–H groups in total. The highest BCUT2D eigenvalue weighted by atomic mass is 16.4. The average Bonchev–Trinajstić information content (AvgIpc) is 3.13. The van der Waals surface area contributed by atoms with Crippen LogP contribution >= 0.6 is 0 Å². The van der Waals surface area contributed by atoms with Crippen molar-refractivity contribution in [2.45, 2.75) is 50.2 Å². The summed E-state index contributed by atoms with van der Waals surface area (Å²) >= 11 is 0. The standard InChI is InChI=1S/C16H26N6O7/c17-7-13(25)20-8(3-4-11(18)23)14(26)21-9(6-12(19)24)15(27)22-5-1-2-10(22)16(28)29/h8-10H,1-7,17H2,(H2,18,23)(H2,19,24)(H,20,25)(H,21,26)(H,28,29). The molecule has 5 amide bonds. The zero-order valence-electron chi connectivity index (χ0n) is 15.8. The van der Waals surface area contributed by atoms with Gasteiger partial charge in [0.15, 0.2) is 0 Å². The van der Waals surface area contributed by atoms with Gasteiger partial charge in [0.25, 0.3) is 0 Å². The number of carboxylic acids is 1. The van der Waals surface area contributed by atoms with Crippen molar-refractivity contribution in [1.82, 2.24) is 15.5 Å². The van der Waals surface area contributed by atoms with Crippen LogP contribution in [0.25, 0.3) is 0 Å². The van der Waals surface area contributed by atoms with Gasteiger partial charge in [-0.1, -0.05) is 0 Å². The molecule has 1 heterocycles. The van der Waals surface area contributed by atoms with Gasteiger partial charge in [0.2, 0.25) is 29.5 Å². The summed E-state index contributed by atoms with van der Waals surface area (Å²) in [5.74, 6) is -5.13. The summed E-state index contributed by atoms with van der Waals surface area (Å²) in [4.78, 5) is 71.6. The van der Waals surface area contributed by atoms with E-state index in [0.29, 0.717) is 6.42 Å². The summed E-state index contributed by atoms with van der Waals surface area (Å²) in [6, 6.07) is -3.74. The fraction of sp³-hybridized carbons (Fsp3) is 0.625. The average molecular weight is 414 g/mol. The fourth-order valence-electron chi connectivity index (χ4n) is 2.97. The third-order valence-corrected chi connectivity index (χ3v) is 4.36. The Morgan fingerprint density at radius 2 is 1.69 bits per heavy atom. The van der Waals surface area contributed by atoms with Gasteiger partial charge in [-0.15, -0.1) is 0 Å². The molecule has 1 saturated heterocycles. The number of amides is 5. The summed E-state index contributed by atoms with van der Waals surface area (Å²) in [6.45, 7) is -0.270. The maximum absolute atomic E-state index is 12.8. The molecule has 162 valence electrons. The molecule has 29 heavy (non-hydrogen) atoms. The highest BCUT2D eigenvalue weighted by molar-refractivity contribution is 5.96. The van der Waals surface area contributed by atoms with Crippen molar-refractivity contribution in [1.29, 1.82) is 0 Å². The number of carbonyl (C=O) groups excluding carboxylic acids is 5. The number of carboxylic acid groups (broad SMARTS) is 1. The number of rotatable bonds is 11. The highest BCUT2D eigenvalue weighted by Gasteiger charge is 2.38. The van der Waals surface area contributed by atoms with E-state index in [1.54, 1.807) is 0 Å². The first-order chi connectivity index (χ1) is 13.6. The van der Waals surface area contributed by atoms with Gasteiger partial charge in [-0.05, 0) is 19.3 Å². The van der Waals surface area contributed by atoms with Crippen molar-refractivity contribution in [2.24, 2.45) is 17.2 Å². The van der Waals surface area contributed by atoms with Gasteiger partial charge < -0.3 is 37.8 Å². The van der Waals surface area contributed by atoms with Crippen molar-refractivity contribution in [3.8, 4) is 0 Å². The maximum atomic E-state index is 12.8. The Kier molecular flexibility index (Phi) is 8.99. The zero-order valence-corrected chi connectivity index (χ0v) is 15.8. The van der Waals surface area contributed by atoms with Crippen LogP contribution in [-0.2, 0) is 28.8 Å². The van der Waals surface area contributed by atoms with Crippen LogP contribution in [-0.4, -0.2) is 76.7 Å². The van der Waals surface area contributed by atoms with Crippen molar-refractivity contribution >= 4 is 35.5 Å². The van der Waals surface area contributed by atoms with Crippen LogP contribution < -0.4 is 27.8 Å². The SMILES string of the molecule is NCC(=O)NC(CCC(N)=O)C(=O)NC(CC(N)=O)C(=O)N1CCCC1C(=O)O. The van der Waals surface area contributed by atoms with Crippen LogP contribution in [0.15, 0.2) is 0 Å². The molecule has 0 aromatic heterocycles. The largest absolute Gasteiger partial charge is 0.480 e. The maximum Gasteiger partial charge on any atom is 0.326 e. The Labute approximate surface area is 166 Å². The van der Waals surface area contributed by atoms with Crippen molar-refractivity contribution in [3.05, 3.63) is 0 Å². The Balaban J connectivity index is 2.97.